The van der Waals surface area contributed by atoms with Crippen molar-refractivity contribution in [3.63, 3.8) is 0 Å². The summed E-state index contributed by atoms with van der Waals surface area (Å²) in [5.74, 6) is -1.69. The Morgan fingerprint density at radius 3 is 2.67 bits per heavy atom. The Morgan fingerprint density at radius 1 is 1.44 bits per heavy atom. The number of carboxylic acid groups (broad SMARTS) is 1. The standard InChI is InChI=1S/C12H20N2O3.Li/c1-13(2)7-4-6-11(15)14-8-3-5-10(9-14)12(16)17;/h4,6,10H,3,5,7-9H2,1-2H3,(H,16,17);/q;+1/p-1/b6-4+;/t10-;/m1./s1. The van der Waals surface area contributed by atoms with Gasteiger partial charge in [-0.25, -0.2) is 0 Å². The zero-order valence-electron chi connectivity index (χ0n) is 11.4. The van der Waals surface area contributed by atoms with Crippen LogP contribution >= 0.6 is 0 Å². The van der Waals surface area contributed by atoms with Crippen LogP contribution in [-0.4, -0.2) is 55.4 Å². The molecular weight excluding hydrogens is 227 g/mol. The van der Waals surface area contributed by atoms with E-state index in [9.17, 15) is 14.7 Å². The Hall–Kier alpha value is -0.763. The maximum atomic E-state index is 11.8. The number of amides is 1. The van der Waals surface area contributed by atoms with Crippen LogP contribution < -0.4 is 24.0 Å². The minimum atomic E-state index is -1.06. The molecule has 0 unspecified atom stereocenters. The molecule has 0 radical (unpaired) electrons. The van der Waals surface area contributed by atoms with Gasteiger partial charge in [0.05, 0.1) is 0 Å². The van der Waals surface area contributed by atoms with Gasteiger partial charge >= 0.3 is 18.9 Å². The number of carbonyl (C=O) groups excluding carboxylic acids is 2. The normalized spacial score (nSPS) is 19.9. The average Bonchev–Trinajstić information content (AvgIpc) is 2.28. The average molecular weight is 246 g/mol. The Morgan fingerprint density at radius 2 is 2.11 bits per heavy atom. The number of nitrogens with zero attached hydrogens (tertiary/aromatic N) is 2. The van der Waals surface area contributed by atoms with Crippen molar-refractivity contribution in [2.75, 3.05) is 33.7 Å². The van der Waals surface area contributed by atoms with Crippen LogP contribution in [0.25, 0.3) is 0 Å². The summed E-state index contributed by atoms with van der Waals surface area (Å²) < 4.78 is 0. The summed E-state index contributed by atoms with van der Waals surface area (Å²) in [5.41, 5.74) is 0. The number of rotatable bonds is 4. The van der Waals surface area contributed by atoms with Crippen LogP contribution in [0.2, 0.25) is 0 Å². The van der Waals surface area contributed by atoms with E-state index in [0.717, 1.165) is 6.42 Å². The number of aliphatic carboxylic acids is 1. The summed E-state index contributed by atoms with van der Waals surface area (Å²) in [4.78, 5) is 26.0. The molecule has 1 atom stereocenters. The molecule has 0 spiro atoms. The maximum Gasteiger partial charge on any atom is 1.00 e. The summed E-state index contributed by atoms with van der Waals surface area (Å²) in [5, 5.41) is 10.8. The number of hydrogen-bond donors (Lipinski definition) is 0. The van der Waals surface area contributed by atoms with Crippen molar-refractivity contribution in [1.29, 1.82) is 0 Å². The fourth-order valence-corrected chi connectivity index (χ4v) is 1.84. The first-order valence-corrected chi connectivity index (χ1v) is 5.81. The molecule has 1 heterocycles. The first-order valence-electron chi connectivity index (χ1n) is 5.81. The number of hydrogen-bond acceptors (Lipinski definition) is 4. The van der Waals surface area contributed by atoms with Crippen LogP contribution in [0.4, 0.5) is 0 Å². The SMILES string of the molecule is CN(C)C/C=C/C(=O)N1CCC[C@@H](C(=O)[O-])C1.[Li+]. The van der Waals surface area contributed by atoms with Crippen molar-refractivity contribution in [1.82, 2.24) is 9.80 Å². The van der Waals surface area contributed by atoms with Crippen LogP contribution in [0.15, 0.2) is 12.2 Å². The van der Waals surface area contributed by atoms with Gasteiger partial charge in [0.15, 0.2) is 0 Å². The van der Waals surface area contributed by atoms with Crippen LogP contribution in [0, 0.1) is 5.92 Å². The van der Waals surface area contributed by atoms with Crippen molar-refractivity contribution < 1.29 is 33.6 Å². The topological polar surface area (TPSA) is 63.7 Å². The van der Waals surface area contributed by atoms with Gasteiger partial charge in [-0.2, -0.15) is 0 Å². The largest absolute Gasteiger partial charge is 1.00 e. The first kappa shape index (κ1) is 17.2. The molecule has 1 rings (SSSR count). The summed E-state index contributed by atoms with van der Waals surface area (Å²) in [6.45, 7) is 1.60. The van der Waals surface area contributed by atoms with Gasteiger partial charge < -0.3 is 19.7 Å². The Kier molecular flexibility index (Phi) is 8.00. The molecule has 0 saturated carbocycles. The van der Waals surface area contributed by atoms with Crippen molar-refractivity contribution in [2.24, 2.45) is 5.92 Å². The molecular formula is C12H19LiN2O3. The minimum Gasteiger partial charge on any atom is -0.550 e. The third kappa shape index (κ3) is 5.72. The van der Waals surface area contributed by atoms with Crippen LogP contribution in [0.5, 0.6) is 0 Å². The van der Waals surface area contributed by atoms with Gasteiger partial charge in [-0.3, -0.25) is 4.79 Å². The zero-order chi connectivity index (χ0) is 12.8. The second kappa shape index (κ2) is 8.36. The summed E-state index contributed by atoms with van der Waals surface area (Å²) >= 11 is 0. The van der Waals surface area contributed by atoms with E-state index in [2.05, 4.69) is 0 Å². The van der Waals surface area contributed by atoms with Crippen molar-refractivity contribution in [3.05, 3.63) is 12.2 Å². The smallest absolute Gasteiger partial charge is 0.550 e. The molecule has 0 bridgehead atoms. The van der Waals surface area contributed by atoms with Gasteiger partial charge in [-0.15, -0.1) is 0 Å². The predicted octanol–water partition coefficient (Wildman–Crippen LogP) is -3.90. The van der Waals surface area contributed by atoms with Crippen molar-refractivity contribution in [2.45, 2.75) is 12.8 Å². The number of likely N-dealkylation sites (tertiary alicyclic amines) is 1. The molecule has 1 saturated heterocycles. The Balaban J connectivity index is 0.00000289. The summed E-state index contributed by atoms with van der Waals surface area (Å²) in [7, 11) is 3.84. The second-order valence-electron chi connectivity index (χ2n) is 4.61. The zero-order valence-corrected chi connectivity index (χ0v) is 11.4. The quantitative estimate of drug-likeness (QED) is 0.376. The molecule has 1 fully saturated rings. The molecule has 1 aliphatic rings. The predicted molar refractivity (Wildman–Crippen MR) is 62.0 cm³/mol. The van der Waals surface area contributed by atoms with E-state index < -0.39 is 11.9 Å². The van der Waals surface area contributed by atoms with Crippen LogP contribution in [-0.2, 0) is 9.59 Å². The van der Waals surface area contributed by atoms with Gasteiger partial charge in [0.25, 0.3) is 0 Å². The van der Waals surface area contributed by atoms with E-state index in [-0.39, 0.29) is 31.3 Å². The van der Waals surface area contributed by atoms with Gasteiger partial charge in [0, 0.05) is 37.6 Å². The molecule has 5 nitrogen and oxygen atoms in total. The van der Waals surface area contributed by atoms with Crippen molar-refractivity contribution in [3.8, 4) is 0 Å². The van der Waals surface area contributed by atoms with Gasteiger partial charge in [0.2, 0.25) is 5.91 Å². The van der Waals surface area contributed by atoms with E-state index in [0.29, 0.717) is 19.5 Å². The Labute approximate surface area is 120 Å². The summed E-state index contributed by atoms with van der Waals surface area (Å²) in [6, 6.07) is 0. The molecule has 1 aliphatic heterocycles. The molecule has 1 amide bonds. The number of carboxylic acids is 1. The Bertz CT molecular complexity index is 318. The molecule has 96 valence electrons. The third-order valence-electron chi connectivity index (χ3n) is 2.80. The minimum absolute atomic E-state index is 0. The van der Waals surface area contributed by atoms with E-state index in [4.69, 9.17) is 0 Å². The molecule has 0 aliphatic carbocycles. The van der Waals surface area contributed by atoms with E-state index in [1.165, 1.54) is 6.08 Å². The van der Waals surface area contributed by atoms with Gasteiger partial charge in [-0.1, -0.05) is 6.08 Å². The number of carbonyl (C=O) groups is 2. The molecule has 0 aromatic rings. The van der Waals surface area contributed by atoms with Crippen molar-refractivity contribution >= 4 is 11.9 Å². The van der Waals surface area contributed by atoms with Crippen LogP contribution in [0.1, 0.15) is 12.8 Å². The van der Waals surface area contributed by atoms with Gasteiger partial charge in [-0.05, 0) is 26.9 Å². The molecule has 6 heteroatoms. The molecule has 0 aromatic carbocycles. The fraction of sp³-hybridized carbons (Fsp3) is 0.667. The first-order chi connectivity index (χ1) is 8.00. The van der Waals surface area contributed by atoms with Gasteiger partial charge in [0.1, 0.15) is 0 Å². The second-order valence-corrected chi connectivity index (χ2v) is 4.61. The van der Waals surface area contributed by atoms with E-state index in [1.54, 1.807) is 11.0 Å². The van der Waals surface area contributed by atoms with E-state index in [1.807, 2.05) is 19.0 Å². The third-order valence-corrected chi connectivity index (χ3v) is 2.80. The molecule has 0 N–H and O–H groups in total. The fourth-order valence-electron chi connectivity index (χ4n) is 1.84. The number of piperidine rings is 1. The molecule has 18 heavy (non-hydrogen) atoms. The monoisotopic (exact) mass is 246 g/mol. The molecule has 0 aromatic heterocycles. The summed E-state index contributed by atoms with van der Waals surface area (Å²) in [6.07, 6.45) is 4.63. The van der Waals surface area contributed by atoms with Crippen LogP contribution in [0.3, 0.4) is 0 Å². The maximum absolute atomic E-state index is 11.8. The number of likely N-dealkylation sites (N-methyl/N-ethyl adjacent to an activating group) is 1. The van der Waals surface area contributed by atoms with E-state index >= 15 is 0 Å².